The van der Waals surface area contributed by atoms with Gasteiger partial charge in [-0.3, -0.25) is 0 Å². The van der Waals surface area contributed by atoms with E-state index in [0.29, 0.717) is 29.8 Å². The van der Waals surface area contributed by atoms with Crippen LogP contribution in [0.15, 0.2) is 45.2 Å². The molecule has 0 saturated heterocycles. The highest BCUT2D eigenvalue weighted by molar-refractivity contribution is 5.57. The van der Waals surface area contributed by atoms with Crippen LogP contribution >= 0.6 is 0 Å². The minimum absolute atomic E-state index is 0.211. The predicted octanol–water partition coefficient (Wildman–Crippen LogP) is 3.87. The molecule has 5 nitrogen and oxygen atoms in total. The monoisotopic (exact) mass is 297 g/mol. The zero-order valence-electron chi connectivity index (χ0n) is 11.8. The van der Waals surface area contributed by atoms with E-state index in [-0.39, 0.29) is 11.5 Å². The van der Waals surface area contributed by atoms with E-state index >= 15 is 0 Å². The third-order valence-electron chi connectivity index (χ3n) is 3.05. The maximum atomic E-state index is 12.9. The minimum Gasteiger partial charge on any atom is -0.459 e. The predicted molar refractivity (Wildman–Crippen MR) is 77.4 cm³/mol. The number of nitrogens with zero attached hydrogens (tertiary/aromatic N) is 2. The highest BCUT2D eigenvalue weighted by atomic mass is 19.1. The highest BCUT2D eigenvalue weighted by Crippen LogP contribution is 2.23. The highest BCUT2D eigenvalue weighted by Gasteiger charge is 2.11. The largest absolute Gasteiger partial charge is 0.459 e. The zero-order chi connectivity index (χ0) is 15.5. The fourth-order valence-electron chi connectivity index (χ4n) is 2.03. The van der Waals surface area contributed by atoms with Crippen LogP contribution in [-0.4, -0.2) is 4.98 Å². The first-order chi connectivity index (χ1) is 10.7. The number of nitriles is 1. The van der Waals surface area contributed by atoms with Gasteiger partial charge in [-0.2, -0.15) is 5.26 Å². The lowest BCUT2D eigenvalue weighted by Crippen LogP contribution is -1.98. The Labute approximate surface area is 126 Å². The molecule has 0 fully saturated rings. The van der Waals surface area contributed by atoms with Gasteiger partial charge in [-0.25, -0.2) is 9.37 Å². The summed E-state index contributed by atoms with van der Waals surface area (Å²) in [6, 6.07) is 11.6. The average molecular weight is 297 g/mol. The van der Waals surface area contributed by atoms with Crippen molar-refractivity contribution >= 4 is 5.88 Å². The topological polar surface area (TPSA) is 75.0 Å². The number of nitrogens with one attached hydrogen (secondary N) is 1. The second kappa shape index (κ2) is 5.74. The van der Waals surface area contributed by atoms with Gasteiger partial charge in [0.1, 0.15) is 23.4 Å². The molecule has 3 rings (SSSR count). The Bertz CT molecular complexity index is 828. The second-order valence-electron chi connectivity index (χ2n) is 4.65. The SMILES string of the molecule is Cc1nc(C#N)c(NCc2ccc(-c3ccc(F)cc3)o2)o1. The lowest BCUT2D eigenvalue weighted by molar-refractivity contribution is 0.511. The molecule has 110 valence electrons. The molecule has 0 radical (unpaired) electrons. The third kappa shape index (κ3) is 2.83. The Morgan fingerprint density at radius 2 is 1.95 bits per heavy atom. The van der Waals surface area contributed by atoms with Gasteiger partial charge in [0.25, 0.3) is 0 Å². The van der Waals surface area contributed by atoms with E-state index in [9.17, 15) is 4.39 Å². The van der Waals surface area contributed by atoms with E-state index in [2.05, 4.69) is 10.3 Å². The van der Waals surface area contributed by atoms with Crippen molar-refractivity contribution in [2.45, 2.75) is 13.5 Å². The van der Waals surface area contributed by atoms with Gasteiger partial charge in [-0.05, 0) is 36.4 Å². The lowest BCUT2D eigenvalue weighted by atomic mass is 10.2. The Morgan fingerprint density at radius 1 is 1.18 bits per heavy atom. The maximum Gasteiger partial charge on any atom is 0.232 e. The molecular formula is C16H12FN3O2. The van der Waals surface area contributed by atoms with Gasteiger partial charge in [0.2, 0.25) is 11.6 Å². The fourth-order valence-corrected chi connectivity index (χ4v) is 2.03. The number of anilines is 1. The average Bonchev–Trinajstić information content (AvgIpc) is 3.12. The molecular weight excluding hydrogens is 285 g/mol. The number of benzene rings is 1. The van der Waals surface area contributed by atoms with Gasteiger partial charge in [0.05, 0.1) is 6.54 Å². The molecule has 1 N–H and O–H groups in total. The van der Waals surface area contributed by atoms with Crippen molar-refractivity contribution in [2.24, 2.45) is 0 Å². The number of hydrogen-bond donors (Lipinski definition) is 1. The summed E-state index contributed by atoms with van der Waals surface area (Å²) in [5.74, 6) is 1.76. The molecule has 0 bridgehead atoms. The molecule has 0 saturated carbocycles. The molecule has 2 aromatic heterocycles. The van der Waals surface area contributed by atoms with Crippen molar-refractivity contribution in [3.8, 4) is 17.4 Å². The van der Waals surface area contributed by atoms with E-state index < -0.39 is 0 Å². The Kier molecular flexibility index (Phi) is 3.62. The standard InChI is InChI=1S/C16H12FN3O2/c1-10-20-14(8-18)16(21-10)19-9-13-6-7-15(22-13)11-2-4-12(17)5-3-11/h2-7,19H,9H2,1H3. The van der Waals surface area contributed by atoms with Crippen molar-refractivity contribution in [3.63, 3.8) is 0 Å². The summed E-state index contributed by atoms with van der Waals surface area (Å²) in [6.07, 6.45) is 0. The summed E-state index contributed by atoms with van der Waals surface area (Å²) >= 11 is 0. The van der Waals surface area contributed by atoms with E-state index in [1.807, 2.05) is 6.07 Å². The van der Waals surface area contributed by atoms with Crippen molar-refractivity contribution in [1.29, 1.82) is 5.26 Å². The molecule has 0 atom stereocenters. The van der Waals surface area contributed by atoms with Crippen LogP contribution in [0.4, 0.5) is 10.3 Å². The molecule has 0 unspecified atom stereocenters. The van der Waals surface area contributed by atoms with Crippen molar-refractivity contribution in [1.82, 2.24) is 4.98 Å². The first-order valence-corrected chi connectivity index (χ1v) is 6.62. The Balaban J connectivity index is 1.72. The fraction of sp³-hybridized carbons (Fsp3) is 0.125. The van der Waals surface area contributed by atoms with Gasteiger partial charge in [0.15, 0.2) is 5.89 Å². The Hall–Kier alpha value is -3.07. The zero-order valence-corrected chi connectivity index (χ0v) is 11.8. The first-order valence-electron chi connectivity index (χ1n) is 6.62. The third-order valence-corrected chi connectivity index (χ3v) is 3.05. The van der Waals surface area contributed by atoms with Gasteiger partial charge in [-0.15, -0.1) is 0 Å². The smallest absolute Gasteiger partial charge is 0.232 e. The molecule has 0 aliphatic heterocycles. The molecule has 0 aliphatic rings. The van der Waals surface area contributed by atoms with Crippen molar-refractivity contribution in [2.75, 3.05) is 5.32 Å². The van der Waals surface area contributed by atoms with Gasteiger partial charge in [-0.1, -0.05) is 0 Å². The second-order valence-corrected chi connectivity index (χ2v) is 4.65. The normalized spacial score (nSPS) is 10.4. The molecule has 2 heterocycles. The van der Waals surface area contributed by atoms with Crippen LogP contribution in [0.25, 0.3) is 11.3 Å². The molecule has 0 aliphatic carbocycles. The molecule has 0 amide bonds. The summed E-state index contributed by atoms with van der Waals surface area (Å²) in [5, 5.41) is 11.9. The van der Waals surface area contributed by atoms with Gasteiger partial charge in [0, 0.05) is 12.5 Å². The number of hydrogen-bond acceptors (Lipinski definition) is 5. The van der Waals surface area contributed by atoms with Gasteiger partial charge >= 0.3 is 0 Å². The number of furan rings is 1. The summed E-state index contributed by atoms with van der Waals surface area (Å²) in [6.45, 7) is 2.02. The van der Waals surface area contributed by atoms with Crippen LogP contribution in [-0.2, 0) is 6.54 Å². The Morgan fingerprint density at radius 3 is 2.68 bits per heavy atom. The molecule has 6 heteroatoms. The summed E-state index contributed by atoms with van der Waals surface area (Å²) in [4.78, 5) is 3.95. The number of rotatable bonds is 4. The van der Waals surface area contributed by atoms with Crippen LogP contribution in [0, 0.1) is 24.1 Å². The van der Waals surface area contributed by atoms with E-state index in [4.69, 9.17) is 14.1 Å². The van der Waals surface area contributed by atoms with Crippen LogP contribution < -0.4 is 5.32 Å². The number of aryl methyl sites for hydroxylation is 1. The number of halogens is 1. The molecule has 1 aromatic carbocycles. The number of oxazole rings is 1. The van der Waals surface area contributed by atoms with Crippen LogP contribution in [0.5, 0.6) is 0 Å². The summed E-state index contributed by atoms with van der Waals surface area (Å²) in [7, 11) is 0. The van der Waals surface area contributed by atoms with Crippen molar-refractivity contribution in [3.05, 3.63) is 59.6 Å². The first kappa shape index (κ1) is 13.9. The van der Waals surface area contributed by atoms with E-state index in [1.54, 1.807) is 31.2 Å². The minimum atomic E-state index is -0.290. The number of aromatic nitrogens is 1. The lowest BCUT2D eigenvalue weighted by Gasteiger charge is -2.00. The molecule has 0 spiro atoms. The van der Waals surface area contributed by atoms with E-state index in [1.165, 1.54) is 12.1 Å². The van der Waals surface area contributed by atoms with Crippen LogP contribution in [0.1, 0.15) is 17.3 Å². The quantitative estimate of drug-likeness (QED) is 0.791. The summed E-state index contributed by atoms with van der Waals surface area (Å²) < 4.78 is 23.9. The maximum absolute atomic E-state index is 12.9. The van der Waals surface area contributed by atoms with Gasteiger partial charge < -0.3 is 14.2 Å². The van der Waals surface area contributed by atoms with Crippen molar-refractivity contribution < 1.29 is 13.2 Å². The summed E-state index contributed by atoms with van der Waals surface area (Å²) in [5.41, 5.74) is 1.00. The van der Waals surface area contributed by atoms with Crippen LogP contribution in [0.2, 0.25) is 0 Å². The van der Waals surface area contributed by atoms with E-state index in [0.717, 1.165) is 5.56 Å². The molecule has 22 heavy (non-hydrogen) atoms. The molecule has 3 aromatic rings. The van der Waals surface area contributed by atoms with Crippen LogP contribution in [0.3, 0.4) is 0 Å².